The minimum atomic E-state index is 0.420. The van der Waals surface area contributed by atoms with Crippen LogP contribution in [0, 0.1) is 0 Å². The molecule has 0 unspecified atom stereocenters. The lowest BCUT2D eigenvalue weighted by molar-refractivity contribution is 0.449. The lowest BCUT2D eigenvalue weighted by Gasteiger charge is -2.31. The Morgan fingerprint density at radius 1 is 1.33 bits per heavy atom. The fourth-order valence-corrected chi connectivity index (χ4v) is 3.59. The number of aryl methyl sites for hydroxylation is 1. The van der Waals surface area contributed by atoms with Gasteiger partial charge in [-0.1, -0.05) is 6.92 Å². The van der Waals surface area contributed by atoms with Gasteiger partial charge in [-0.15, -0.1) is 10.2 Å². The summed E-state index contributed by atoms with van der Waals surface area (Å²) in [4.78, 5) is 6.94. The number of hydrogen-bond acceptors (Lipinski definition) is 6. The summed E-state index contributed by atoms with van der Waals surface area (Å²) < 4.78 is 6.57. The van der Waals surface area contributed by atoms with Gasteiger partial charge in [0.05, 0.1) is 0 Å². The molecule has 114 valence electrons. The minimum absolute atomic E-state index is 0.420. The molecule has 2 aromatic heterocycles. The van der Waals surface area contributed by atoms with Gasteiger partial charge >= 0.3 is 0 Å². The second-order valence-electron chi connectivity index (χ2n) is 5.80. The first kappa shape index (κ1) is 14.4. The molecule has 0 radical (unpaired) electrons. The van der Waals surface area contributed by atoms with Gasteiger partial charge in [0.2, 0.25) is 5.13 Å². The van der Waals surface area contributed by atoms with Gasteiger partial charge in [-0.05, 0) is 26.7 Å². The molecule has 0 spiro atoms. The van der Waals surface area contributed by atoms with Crippen molar-refractivity contribution in [3.8, 4) is 0 Å². The third kappa shape index (κ3) is 2.92. The fraction of sp³-hybridized carbons (Fsp3) is 0.714. The molecular weight excluding hydrogens is 284 g/mol. The lowest BCUT2D eigenvalue weighted by atomic mass is 9.96. The number of nitrogens with zero attached hydrogens (tertiary/aromatic N) is 6. The van der Waals surface area contributed by atoms with E-state index >= 15 is 0 Å². The van der Waals surface area contributed by atoms with Crippen LogP contribution in [-0.4, -0.2) is 37.2 Å². The molecule has 3 heterocycles. The Morgan fingerprint density at radius 2 is 2.10 bits per heavy atom. The standard InChI is InChI=1S/C14H22N6S/c1-4-12-16-14(21-18-12)19-7-5-11(6-8-19)13-17-15-9-20(13)10(2)3/h9-11H,4-8H2,1-3H3. The average molecular weight is 306 g/mol. The van der Waals surface area contributed by atoms with E-state index < -0.39 is 0 Å². The quantitative estimate of drug-likeness (QED) is 0.869. The van der Waals surface area contributed by atoms with Crippen molar-refractivity contribution in [1.82, 2.24) is 24.1 Å². The van der Waals surface area contributed by atoms with Gasteiger partial charge in [-0.25, -0.2) is 4.98 Å². The van der Waals surface area contributed by atoms with E-state index in [0.717, 1.165) is 49.1 Å². The minimum Gasteiger partial charge on any atom is -0.347 e. The van der Waals surface area contributed by atoms with Crippen LogP contribution in [0.1, 0.15) is 57.2 Å². The molecule has 1 saturated heterocycles. The van der Waals surface area contributed by atoms with Crippen molar-refractivity contribution >= 4 is 16.7 Å². The first-order valence-corrected chi connectivity index (χ1v) is 8.43. The van der Waals surface area contributed by atoms with E-state index in [2.05, 4.69) is 49.8 Å². The van der Waals surface area contributed by atoms with Crippen LogP contribution < -0.4 is 4.90 Å². The molecule has 0 amide bonds. The largest absolute Gasteiger partial charge is 0.347 e. The molecule has 0 saturated carbocycles. The van der Waals surface area contributed by atoms with E-state index in [-0.39, 0.29) is 0 Å². The molecule has 0 bridgehead atoms. The zero-order chi connectivity index (χ0) is 14.8. The van der Waals surface area contributed by atoms with E-state index in [1.165, 1.54) is 11.5 Å². The zero-order valence-corrected chi connectivity index (χ0v) is 13.7. The zero-order valence-electron chi connectivity index (χ0n) is 12.9. The Labute approximate surface area is 129 Å². The van der Waals surface area contributed by atoms with Crippen LogP contribution in [0.4, 0.5) is 5.13 Å². The van der Waals surface area contributed by atoms with Crippen molar-refractivity contribution in [2.45, 2.75) is 52.0 Å². The van der Waals surface area contributed by atoms with Crippen LogP contribution in [0.2, 0.25) is 0 Å². The topological polar surface area (TPSA) is 59.7 Å². The van der Waals surface area contributed by atoms with Gasteiger partial charge in [-0.3, -0.25) is 0 Å². The maximum Gasteiger partial charge on any atom is 0.205 e. The van der Waals surface area contributed by atoms with Crippen molar-refractivity contribution in [3.63, 3.8) is 0 Å². The number of rotatable bonds is 4. The monoisotopic (exact) mass is 306 g/mol. The van der Waals surface area contributed by atoms with Crippen LogP contribution in [0.15, 0.2) is 6.33 Å². The normalized spacial score (nSPS) is 16.9. The molecule has 0 N–H and O–H groups in total. The molecule has 0 aliphatic carbocycles. The highest BCUT2D eigenvalue weighted by atomic mass is 32.1. The second kappa shape index (κ2) is 6.09. The Balaban J connectivity index is 1.66. The van der Waals surface area contributed by atoms with E-state index in [1.54, 1.807) is 0 Å². The van der Waals surface area contributed by atoms with Gasteiger partial charge < -0.3 is 9.47 Å². The molecule has 21 heavy (non-hydrogen) atoms. The van der Waals surface area contributed by atoms with E-state index in [1.807, 2.05) is 6.33 Å². The Hall–Kier alpha value is -1.50. The highest BCUT2D eigenvalue weighted by Crippen LogP contribution is 2.31. The van der Waals surface area contributed by atoms with Gasteiger partial charge in [-0.2, -0.15) is 4.37 Å². The van der Waals surface area contributed by atoms with Crippen LogP contribution in [-0.2, 0) is 6.42 Å². The molecule has 1 fully saturated rings. The van der Waals surface area contributed by atoms with Crippen molar-refractivity contribution in [3.05, 3.63) is 18.0 Å². The number of piperidine rings is 1. The molecule has 1 aliphatic rings. The molecule has 6 nitrogen and oxygen atoms in total. The molecule has 0 aromatic carbocycles. The smallest absolute Gasteiger partial charge is 0.205 e. The first-order valence-electron chi connectivity index (χ1n) is 7.66. The summed E-state index contributed by atoms with van der Waals surface area (Å²) in [6.07, 6.45) is 4.97. The summed E-state index contributed by atoms with van der Waals surface area (Å²) in [5.74, 6) is 2.59. The third-order valence-electron chi connectivity index (χ3n) is 4.06. The van der Waals surface area contributed by atoms with Crippen LogP contribution in [0.25, 0.3) is 0 Å². The molecule has 0 atom stereocenters. The highest BCUT2D eigenvalue weighted by molar-refractivity contribution is 7.09. The van der Waals surface area contributed by atoms with Crippen molar-refractivity contribution in [1.29, 1.82) is 0 Å². The number of aromatic nitrogens is 5. The van der Waals surface area contributed by atoms with E-state index in [4.69, 9.17) is 0 Å². The fourth-order valence-electron chi connectivity index (χ4n) is 2.79. The highest BCUT2D eigenvalue weighted by Gasteiger charge is 2.26. The second-order valence-corrected chi connectivity index (χ2v) is 6.53. The summed E-state index contributed by atoms with van der Waals surface area (Å²) in [7, 11) is 0. The molecule has 7 heteroatoms. The Morgan fingerprint density at radius 3 is 2.71 bits per heavy atom. The summed E-state index contributed by atoms with van der Waals surface area (Å²) in [5, 5.41) is 9.50. The molecular formula is C14H22N6S. The maximum atomic E-state index is 4.59. The van der Waals surface area contributed by atoms with E-state index in [0.29, 0.717) is 12.0 Å². The Kier molecular flexibility index (Phi) is 4.19. The first-order chi connectivity index (χ1) is 10.2. The SMILES string of the molecule is CCc1nsc(N2CCC(c3nncn3C(C)C)CC2)n1. The van der Waals surface area contributed by atoms with Crippen LogP contribution >= 0.6 is 11.5 Å². The van der Waals surface area contributed by atoms with Gasteiger partial charge in [0.1, 0.15) is 18.0 Å². The maximum absolute atomic E-state index is 4.59. The van der Waals surface area contributed by atoms with Gasteiger partial charge in [0.15, 0.2) is 0 Å². The Bertz CT molecular complexity index is 582. The summed E-state index contributed by atoms with van der Waals surface area (Å²) >= 11 is 1.52. The molecule has 3 rings (SSSR count). The van der Waals surface area contributed by atoms with E-state index in [9.17, 15) is 0 Å². The van der Waals surface area contributed by atoms with Gasteiger partial charge in [0, 0.05) is 43.0 Å². The van der Waals surface area contributed by atoms with Crippen molar-refractivity contribution in [2.75, 3.05) is 18.0 Å². The van der Waals surface area contributed by atoms with Crippen molar-refractivity contribution in [2.24, 2.45) is 0 Å². The number of anilines is 1. The lowest BCUT2D eigenvalue weighted by Crippen LogP contribution is -2.33. The van der Waals surface area contributed by atoms with Crippen LogP contribution in [0.5, 0.6) is 0 Å². The summed E-state index contributed by atoms with van der Waals surface area (Å²) in [6, 6.07) is 0.420. The van der Waals surface area contributed by atoms with Gasteiger partial charge in [0.25, 0.3) is 0 Å². The number of hydrogen-bond donors (Lipinski definition) is 0. The predicted molar refractivity (Wildman–Crippen MR) is 83.9 cm³/mol. The molecule has 2 aromatic rings. The molecule has 1 aliphatic heterocycles. The van der Waals surface area contributed by atoms with Crippen LogP contribution in [0.3, 0.4) is 0 Å². The van der Waals surface area contributed by atoms with Crippen molar-refractivity contribution < 1.29 is 0 Å². The average Bonchev–Trinajstić information content (AvgIpc) is 3.16. The summed E-state index contributed by atoms with van der Waals surface area (Å²) in [5.41, 5.74) is 0. The summed E-state index contributed by atoms with van der Waals surface area (Å²) in [6.45, 7) is 8.49. The third-order valence-corrected chi connectivity index (χ3v) is 4.88. The predicted octanol–water partition coefficient (Wildman–Crippen LogP) is 2.66.